The van der Waals surface area contributed by atoms with E-state index in [0.717, 1.165) is 21.4 Å². The van der Waals surface area contributed by atoms with Gasteiger partial charge in [-0.2, -0.15) is 0 Å². The zero-order chi connectivity index (χ0) is 22.0. The highest BCUT2D eigenvalue weighted by Crippen LogP contribution is 2.37. The minimum Gasteiger partial charge on any atom is -0.506 e. The summed E-state index contributed by atoms with van der Waals surface area (Å²) >= 11 is 13.4. The molecule has 0 spiro atoms. The average molecular weight is 473 g/mol. The van der Waals surface area contributed by atoms with Crippen molar-refractivity contribution in [1.82, 2.24) is 10.3 Å². The van der Waals surface area contributed by atoms with Crippen LogP contribution in [-0.4, -0.2) is 21.2 Å². The molecule has 8 heteroatoms. The summed E-state index contributed by atoms with van der Waals surface area (Å²) in [5.41, 5.74) is 2.50. The Morgan fingerprint density at radius 3 is 2.55 bits per heavy atom. The maximum atomic E-state index is 11.8. The van der Waals surface area contributed by atoms with E-state index in [9.17, 15) is 15.0 Å². The number of nitrogens with one attached hydrogen (secondary N) is 2. The zero-order valence-electron chi connectivity index (χ0n) is 16.2. The van der Waals surface area contributed by atoms with Gasteiger partial charge in [0.25, 0.3) is 0 Å². The number of carbonyl (C=O) groups is 1. The first-order valence-electron chi connectivity index (χ1n) is 9.41. The standard InChI is InChI=1S/C23H18Cl2N2O3S/c24-15-9-14(21(28)18(25)10-15)12-26-11-13-6-7-17-19(8-13)27-20(23(29)30)22(17)31-16-4-2-1-3-5-16/h1-10,26-28H,11-12H2,(H,29,30). The van der Waals surface area contributed by atoms with Crippen molar-refractivity contribution in [2.24, 2.45) is 0 Å². The molecule has 0 saturated carbocycles. The Morgan fingerprint density at radius 1 is 1.03 bits per heavy atom. The third kappa shape index (κ3) is 4.83. The van der Waals surface area contributed by atoms with Crippen molar-refractivity contribution in [3.05, 3.63) is 87.5 Å². The SMILES string of the molecule is O=C(O)c1[nH]c2cc(CNCc3cc(Cl)cc(Cl)c3O)ccc2c1Sc1ccccc1. The highest BCUT2D eigenvalue weighted by Gasteiger charge is 2.18. The lowest BCUT2D eigenvalue weighted by Crippen LogP contribution is -2.12. The summed E-state index contributed by atoms with van der Waals surface area (Å²) in [6.45, 7) is 0.895. The number of phenols is 1. The van der Waals surface area contributed by atoms with Crippen LogP contribution in [0.4, 0.5) is 0 Å². The number of rotatable bonds is 7. The monoisotopic (exact) mass is 472 g/mol. The summed E-state index contributed by atoms with van der Waals surface area (Å²) in [4.78, 5) is 16.5. The van der Waals surface area contributed by atoms with Gasteiger partial charge in [-0.3, -0.25) is 0 Å². The summed E-state index contributed by atoms with van der Waals surface area (Å²) in [6, 6.07) is 18.6. The summed E-state index contributed by atoms with van der Waals surface area (Å²) in [7, 11) is 0. The highest BCUT2D eigenvalue weighted by molar-refractivity contribution is 7.99. The molecular weight excluding hydrogens is 455 g/mol. The molecule has 0 aliphatic heterocycles. The van der Waals surface area contributed by atoms with Gasteiger partial charge in [-0.05, 0) is 35.9 Å². The third-order valence-electron chi connectivity index (χ3n) is 4.74. The second kappa shape index (κ2) is 9.24. The Bertz CT molecular complexity index is 1260. The molecule has 0 fully saturated rings. The number of carboxylic acid groups (broad SMARTS) is 1. The van der Waals surface area contributed by atoms with E-state index in [2.05, 4.69) is 10.3 Å². The topological polar surface area (TPSA) is 85.3 Å². The van der Waals surface area contributed by atoms with Crippen LogP contribution in [0.2, 0.25) is 10.0 Å². The van der Waals surface area contributed by atoms with Crippen LogP contribution in [0, 0.1) is 0 Å². The Hall–Kier alpha value is -2.64. The van der Waals surface area contributed by atoms with E-state index in [1.54, 1.807) is 6.07 Å². The lowest BCUT2D eigenvalue weighted by atomic mass is 10.1. The number of aromatic nitrogens is 1. The maximum Gasteiger partial charge on any atom is 0.353 e. The third-order valence-corrected chi connectivity index (χ3v) is 6.39. The molecule has 0 aliphatic carbocycles. The molecule has 0 amide bonds. The highest BCUT2D eigenvalue weighted by atomic mass is 35.5. The first-order chi connectivity index (χ1) is 14.9. The minimum atomic E-state index is -0.998. The van der Waals surface area contributed by atoms with Gasteiger partial charge in [-0.1, -0.05) is 65.3 Å². The van der Waals surface area contributed by atoms with E-state index in [1.807, 2.05) is 48.5 Å². The number of fused-ring (bicyclic) bond motifs is 1. The number of hydrogen-bond acceptors (Lipinski definition) is 4. The lowest BCUT2D eigenvalue weighted by molar-refractivity contribution is 0.0687. The molecule has 4 aromatic rings. The Kier molecular flexibility index (Phi) is 6.43. The number of carboxylic acids is 1. The Labute approximate surface area is 193 Å². The van der Waals surface area contributed by atoms with Crippen molar-refractivity contribution in [2.75, 3.05) is 0 Å². The number of hydrogen-bond donors (Lipinski definition) is 4. The first-order valence-corrected chi connectivity index (χ1v) is 11.0. The molecule has 0 unspecified atom stereocenters. The van der Waals surface area contributed by atoms with E-state index in [-0.39, 0.29) is 16.5 Å². The fourth-order valence-corrected chi connectivity index (χ4v) is 4.88. The molecule has 4 N–H and O–H groups in total. The number of aromatic amines is 1. The van der Waals surface area contributed by atoms with Crippen LogP contribution in [-0.2, 0) is 13.1 Å². The maximum absolute atomic E-state index is 11.8. The summed E-state index contributed by atoms with van der Waals surface area (Å²) < 4.78 is 0. The second-order valence-electron chi connectivity index (χ2n) is 6.93. The average Bonchev–Trinajstić information content (AvgIpc) is 3.10. The molecule has 0 bridgehead atoms. The van der Waals surface area contributed by atoms with E-state index in [1.165, 1.54) is 17.8 Å². The van der Waals surface area contributed by atoms with Crippen LogP contribution < -0.4 is 5.32 Å². The second-order valence-corrected chi connectivity index (χ2v) is 8.86. The van der Waals surface area contributed by atoms with E-state index >= 15 is 0 Å². The van der Waals surface area contributed by atoms with Crippen LogP contribution in [0.1, 0.15) is 21.6 Å². The molecule has 158 valence electrons. The van der Waals surface area contributed by atoms with Gasteiger partial charge >= 0.3 is 5.97 Å². The normalized spacial score (nSPS) is 11.2. The van der Waals surface area contributed by atoms with Crippen LogP contribution in [0.3, 0.4) is 0 Å². The van der Waals surface area contributed by atoms with E-state index in [4.69, 9.17) is 23.2 Å². The predicted octanol–water partition coefficient (Wildman–Crippen LogP) is 6.32. The van der Waals surface area contributed by atoms with Gasteiger partial charge in [0.15, 0.2) is 0 Å². The van der Waals surface area contributed by atoms with Crippen molar-refractivity contribution in [3.8, 4) is 5.75 Å². The molecule has 1 aromatic heterocycles. The number of aromatic hydroxyl groups is 1. The molecule has 1 heterocycles. The zero-order valence-corrected chi connectivity index (χ0v) is 18.5. The summed E-state index contributed by atoms with van der Waals surface area (Å²) in [6.07, 6.45) is 0. The van der Waals surface area contributed by atoms with Crippen LogP contribution >= 0.6 is 35.0 Å². The smallest absolute Gasteiger partial charge is 0.353 e. The summed E-state index contributed by atoms with van der Waals surface area (Å²) in [5, 5.41) is 24.5. The van der Waals surface area contributed by atoms with Crippen molar-refractivity contribution in [2.45, 2.75) is 22.9 Å². The number of phenolic OH excluding ortho intramolecular Hbond substituents is 1. The molecule has 0 atom stereocenters. The summed E-state index contributed by atoms with van der Waals surface area (Å²) in [5.74, 6) is -0.991. The van der Waals surface area contributed by atoms with Crippen molar-refractivity contribution >= 4 is 51.8 Å². The molecule has 31 heavy (non-hydrogen) atoms. The molecule has 0 saturated heterocycles. The van der Waals surface area contributed by atoms with E-state index < -0.39 is 5.97 Å². The molecular formula is C23H18Cl2N2O3S. The number of halogens is 2. The van der Waals surface area contributed by atoms with Gasteiger partial charge in [0.05, 0.1) is 9.92 Å². The lowest BCUT2D eigenvalue weighted by Gasteiger charge is -2.09. The van der Waals surface area contributed by atoms with E-state index in [0.29, 0.717) is 28.6 Å². The largest absolute Gasteiger partial charge is 0.506 e. The van der Waals surface area contributed by atoms with Gasteiger partial charge in [0, 0.05) is 39.5 Å². The first kappa shape index (κ1) is 21.6. The number of H-pyrrole nitrogens is 1. The van der Waals surface area contributed by atoms with Crippen molar-refractivity contribution in [3.63, 3.8) is 0 Å². The predicted molar refractivity (Wildman–Crippen MR) is 124 cm³/mol. The Balaban J connectivity index is 1.55. The van der Waals surface area contributed by atoms with Crippen LogP contribution in [0.15, 0.2) is 70.5 Å². The molecule has 3 aromatic carbocycles. The van der Waals surface area contributed by atoms with Crippen molar-refractivity contribution in [1.29, 1.82) is 0 Å². The van der Waals surface area contributed by atoms with Gasteiger partial charge in [0.2, 0.25) is 0 Å². The van der Waals surface area contributed by atoms with Gasteiger partial charge < -0.3 is 20.5 Å². The Morgan fingerprint density at radius 2 is 1.81 bits per heavy atom. The molecule has 0 aliphatic rings. The minimum absolute atomic E-state index is 0.00654. The molecule has 5 nitrogen and oxygen atoms in total. The van der Waals surface area contributed by atoms with Gasteiger partial charge in [0.1, 0.15) is 11.4 Å². The fraction of sp³-hybridized carbons (Fsp3) is 0.0870. The van der Waals surface area contributed by atoms with Gasteiger partial charge in [-0.25, -0.2) is 4.79 Å². The molecule has 0 radical (unpaired) electrons. The van der Waals surface area contributed by atoms with Crippen LogP contribution in [0.5, 0.6) is 5.75 Å². The number of aromatic carboxylic acids is 1. The van der Waals surface area contributed by atoms with Crippen LogP contribution in [0.25, 0.3) is 10.9 Å². The van der Waals surface area contributed by atoms with Gasteiger partial charge in [-0.15, -0.1) is 0 Å². The quantitative estimate of drug-likeness (QED) is 0.253. The van der Waals surface area contributed by atoms with Crippen molar-refractivity contribution < 1.29 is 15.0 Å². The molecule has 4 rings (SSSR count). The fourth-order valence-electron chi connectivity index (χ4n) is 3.29. The number of benzene rings is 3.